The van der Waals surface area contributed by atoms with Gasteiger partial charge in [-0.15, -0.1) is 0 Å². The lowest BCUT2D eigenvalue weighted by Crippen LogP contribution is -2.53. The molecule has 2 aliphatic heterocycles. The van der Waals surface area contributed by atoms with Gasteiger partial charge in [0.15, 0.2) is 42.3 Å². The Balaban J connectivity index is 1.08. The minimum atomic E-state index is -4.60. The zero-order valence-electron chi connectivity index (χ0n) is 38.3. The number of benzene rings is 2. The standard InChI is InChI=1S/C43H48FN11O10P2S2Si/c1-42(2,3)70(4,5)64-35-34-28(54-24-50-32-36(46-22-48-38(32)54)52-40(56)26-13-8-6-9-14-26)20-43(35,44)65-66(58,68)62-29-19-31(61-30(29)21-60-67(69,63-34)59-18-12-17-45)55-25-51-33-37(47-23-49-39(33)55)53-41(57)27-15-10-7-11-16-27/h6-11,13-16,22-25,28-31,34-35H,12,18-21H2,1-5H3,(H,58,68)(H,46,48,52,56)(H,47,49,53,57)/t28-,29-,30-,31-,34+,35-,43-,66?,67?/m1/s1. The Labute approximate surface area is 412 Å². The largest absolute Gasteiger partial charge is 0.406 e. The lowest BCUT2D eigenvalue weighted by atomic mass is 10.2. The second-order valence-corrected chi connectivity index (χ2v) is 28.6. The van der Waals surface area contributed by atoms with Crippen LogP contribution in [0.5, 0.6) is 0 Å². The van der Waals surface area contributed by atoms with Gasteiger partial charge in [-0.2, -0.15) is 5.26 Å². The molecule has 70 heavy (non-hydrogen) atoms. The van der Waals surface area contributed by atoms with Gasteiger partial charge in [-0.1, -0.05) is 57.2 Å². The van der Waals surface area contributed by atoms with Crippen molar-refractivity contribution in [1.29, 1.82) is 5.26 Å². The number of hydrogen-bond donors (Lipinski definition) is 3. The molecular formula is C43H48FN11O10P2S2Si. The molecule has 9 rings (SSSR count). The summed E-state index contributed by atoms with van der Waals surface area (Å²) in [6, 6.07) is 18.0. The number of imidazole rings is 2. The number of halogens is 1. The minimum absolute atomic E-state index is 0.0190. The number of hydrogen-bond acceptors (Lipinski definition) is 18. The van der Waals surface area contributed by atoms with E-state index in [4.69, 9.17) is 55.4 Å². The topological polar surface area (TPSA) is 254 Å². The first-order valence-electron chi connectivity index (χ1n) is 22.0. The number of amides is 2. The van der Waals surface area contributed by atoms with Crippen molar-refractivity contribution in [3.63, 3.8) is 0 Å². The number of anilines is 2. The van der Waals surface area contributed by atoms with Crippen LogP contribution in [0.25, 0.3) is 22.3 Å². The van der Waals surface area contributed by atoms with Crippen LogP contribution in [0.3, 0.4) is 0 Å². The number of nitrogens with one attached hydrogen (secondary N) is 2. The summed E-state index contributed by atoms with van der Waals surface area (Å²) in [6.45, 7) is 0.512. The Morgan fingerprint density at radius 2 is 1.47 bits per heavy atom. The number of nitrogens with zero attached hydrogens (tertiary/aromatic N) is 9. The first kappa shape index (κ1) is 50.1. The second-order valence-electron chi connectivity index (χ2n) is 18.2. The van der Waals surface area contributed by atoms with Gasteiger partial charge in [-0.3, -0.25) is 18.7 Å². The van der Waals surface area contributed by atoms with Gasteiger partial charge in [0.25, 0.3) is 11.8 Å². The summed E-state index contributed by atoms with van der Waals surface area (Å²) in [4.78, 5) is 64.9. The third kappa shape index (κ3) is 10.2. The molecule has 368 valence electrons. The molecule has 6 aromatic rings. The van der Waals surface area contributed by atoms with E-state index in [1.54, 1.807) is 65.2 Å². The highest BCUT2D eigenvalue weighted by Crippen LogP contribution is 2.63. The molecule has 2 bridgehead atoms. The van der Waals surface area contributed by atoms with Crippen LogP contribution in [0, 0.1) is 11.3 Å². The highest BCUT2D eigenvalue weighted by molar-refractivity contribution is 8.07. The average Bonchev–Trinajstić information content (AvgIpc) is 4.10. The predicted molar refractivity (Wildman–Crippen MR) is 261 cm³/mol. The van der Waals surface area contributed by atoms with E-state index in [9.17, 15) is 19.7 Å². The summed E-state index contributed by atoms with van der Waals surface area (Å²) in [5, 5.41) is 14.6. The lowest BCUT2D eigenvalue weighted by Gasteiger charge is -2.43. The molecule has 4 aromatic heterocycles. The fourth-order valence-electron chi connectivity index (χ4n) is 8.10. The second kappa shape index (κ2) is 19.6. The van der Waals surface area contributed by atoms with Crippen molar-refractivity contribution in [3.05, 3.63) is 97.1 Å². The fourth-order valence-corrected chi connectivity index (χ4v) is 13.4. The Morgan fingerprint density at radius 3 is 2.04 bits per heavy atom. The molecule has 2 aromatic carbocycles. The average molecular weight is 1050 g/mol. The fraction of sp³-hybridized carbons (Fsp3) is 0.419. The summed E-state index contributed by atoms with van der Waals surface area (Å²) in [5.41, 5.74) is 1.67. The molecule has 6 heterocycles. The molecule has 2 saturated heterocycles. The number of rotatable bonds is 11. The molecule has 0 radical (unpaired) electrons. The molecule has 1 saturated carbocycles. The van der Waals surface area contributed by atoms with E-state index >= 15 is 4.39 Å². The Hall–Kier alpha value is -4.90. The monoisotopic (exact) mass is 1050 g/mol. The maximum absolute atomic E-state index is 18.7. The number of carbonyl (C=O) groups is 2. The highest BCUT2D eigenvalue weighted by Gasteiger charge is 2.64. The SMILES string of the molecule is CC(C)(C)[Si](C)(C)O[C@@H]1[C@H]2OP(=S)(OCCC#N)OC[C@H]3O[C@@H](n4cnc5c(NC(=O)c6ccccc6)ncnc54)C[C@H]3OP(O)(=S)O[C@]1(F)C[C@H]2n1cnc2c(NC(=O)c3ccccc3)ncnc21. The Bertz CT molecular complexity index is 3080. The Morgan fingerprint density at radius 1 is 0.900 bits per heavy atom. The number of ether oxygens (including phenoxy) is 1. The van der Waals surface area contributed by atoms with Gasteiger partial charge in [0.1, 0.15) is 37.2 Å². The van der Waals surface area contributed by atoms with Gasteiger partial charge in [-0.25, -0.2) is 34.3 Å². The highest BCUT2D eigenvalue weighted by atomic mass is 32.5. The van der Waals surface area contributed by atoms with Gasteiger partial charge in [0.05, 0.1) is 50.5 Å². The van der Waals surface area contributed by atoms with E-state index in [-0.39, 0.29) is 60.0 Å². The number of aromatic nitrogens is 8. The van der Waals surface area contributed by atoms with E-state index in [1.165, 1.54) is 29.9 Å². The number of carbonyl (C=O) groups excluding carboxylic acids is 2. The van der Waals surface area contributed by atoms with Crippen molar-refractivity contribution in [2.24, 2.45) is 0 Å². The van der Waals surface area contributed by atoms with Crippen molar-refractivity contribution < 1.29 is 50.7 Å². The third-order valence-electron chi connectivity index (χ3n) is 12.6. The first-order chi connectivity index (χ1) is 33.3. The van der Waals surface area contributed by atoms with Gasteiger partial charge in [-0.05, 0) is 66.0 Å². The van der Waals surface area contributed by atoms with Crippen LogP contribution in [-0.2, 0) is 55.4 Å². The summed E-state index contributed by atoms with van der Waals surface area (Å²) >= 11 is 11.8. The summed E-state index contributed by atoms with van der Waals surface area (Å²) in [5.74, 6) is -3.57. The summed E-state index contributed by atoms with van der Waals surface area (Å²) in [7, 11) is -2.99. The molecule has 21 nitrogen and oxygen atoms in total. The predicted octanol–water partition coefficient (Wildman–Crippen LogP) is 7.65. The molecule has 2 amide bonds. The molecule has 2 unspecified atom stereocenters. The molecule has 3 aliphatic rings. The Kier molecular flexibility index (Phi) is 14.0. The van der Waals surface area contributed by atoms with Crippen molar-refractivity contribution in [2.45, 2.75) is 101 Å². The van der Waals surface area contributed by atoms with E-state index in [0.717, 1.165) is 0 Å². The van der Waals surface area contributed by atoms with E-state index in [2.05, 4.69) is 40.5 Å². The van der Waals surface area contributed by atoms with Crippen molar-refractivity contribution in [2.75, 3.05) is 23.8 Å². The molecular weight excluding hydrogens is 1000 g/mol. The normalized spacial score (nSPS) is 28.4. The lowest BCUT2D eigenvalue weighted by molar-refractivity contribution is -0.152. The molecule has 3 N–H and O–H groups in total. The van der Waals surface area contributed by atoms with Gasteiger partial charge in [0.2, 0.25) is 5.85 Å². The zero-order chi connectivity index (χ0) is 49.6. The first-order valence-corrected chi connectivity index (χ1v) is 30.1. The van der Waals surface area contributed by atoms with Crippen LogP contribution in [0.2, 0.25) is 18.1 Å². The maximum atomic E-state index is 18.7. The van der Waals surface area contributed by atoms with Crippen LogP contribution in [-0.4, -0.2) is 108 Å². The number of fused-ring (bicyclic) bond motifs is 5. The van der Waals surface area contributed by atoms with Crippen LogP contribution < -0.4 is 10.6 Å². The third-order valence-corrected chi connectivity index (χ3v) is 20.9. The number of nitriles is 1. The molecule has 1 aliphatic carbocycles. The summed E-state index contributed by atoms with van der Waals surface area (Å²) < 4.78 is 66.9. The van der Waals surface area contributed by atoms with Crippen molar-refractivity contribution >= 4 is 91.1 Å². The molecule has 27 heteroatoms. The van der Waals surface area contributed by atoms with E-state index in [0.29, 0.717) is 11.1 Å². The van der Waals surface area contributed by atoms with Crippen LogP contribution >= 0.6 is 13.4 Å². The summed E-state index contributed by atoms with van der Waals surface area (Å²) in [6.07, 6.45) is -1.51. The smallest absolute Gasteiger partial charge is 0.327 e. The van der Waals surface area contributed by atoms with Crippen molar-refractivity contribution in [1.82, 2.24) is 39.0 Å². The van der Waals surface area contributed by atoms with Crippen molar-refractivity contribution in [3.8, 4) is 6.07 Å². The number of alkyl halides is 1. The van der Waals surface area contributed by atoms with Gasteiger partial charge < -0.3 is 47.4 Å². The van der Waals surface area contributed by atoms with Gasteiger partial charge in [0, 0.05) is 24.0 Å². The quantitative estimate of drug-likeness (QED) is 0.0640. The van der Waals surface area contributed by atoms with Crippen LogP contribution in [0.15, 0.2) is 86.0 Å². The molecule has 0 spiro atoms. The van der Waals surface area contributed by atoms with Gasteiger partial charge >= 0.3 is 13.4 Å². The molecule has 9 atom stereocenters. The van der Waals surface area contributed by atoms with Crippen LogP contribution in [0.1, 0.15) is 73.0 Å². The zero-order valence-corrected chi connectivity index (χ0v) is 42.7. The van der Waals surface area contributed by atoms with Crippen LogP contribution in [0.4, 0.5) is 16.0 Å². The maximum Gasteiger partial charge on any atom is 0.327 e. The minimum Gasteiger partial charge on any atom is -0.406 e. The van der Waals surface area contributed by atoms with E-state index < -0.39 is 87.6 Å². The van der Waals surface area contributed by atoms with E-state index in [1.807, 2.05) is 39.9 Å². The molecule has 3 fully saturated rings.